The first kappa shape index (κ1) is 13.0. The van der Waals surface area contributed by atoms with Crippen molar-refractivity contribution < 1.29 is 13.2 Å². The molecular weight excluding hydrogens is 252 g/mol. The summed E-state index contributed by atoms with van der Waals surface area (Å²) in [5, 5.41) is 7.83. The summed E-state index contributed by atoms with van der Waals surface area (Å²) in [5.74, 6) is 0.495. The Labute approximate surface area is 106 Å². The van der Waals surface area contributed by atoms with Crippen LogP contribution in [-0.2, 0) is 14.8 Å². The van der Waals surface area contributed by atoms with E-state index in [1.165, 1.54) is 6.07 Å². The van der Waals surface area contributed by atoms with E-state index in [4.69, 9.17) is 5.14 Å². The highest BCUT2D eigenvalue weighted by atomic mass is 32.2. The molecule has 0 heterocycles. The summed E-state index contributed by atoms with van der Waals surface area (Å²) >= 11 is 0. The molecule has 0 bridgehead atoms. The highest BCUT2D eigenvalue weighted by molar-refractivity contribution is 7.89. The summed E-state index contributed by atoms with van der Waals surface area (Å²) in [7, 11) is -3.70. The van der Waals surface area contributed by atoms with Crippen molar-refractivity contribution in [3.05, 3.63) is 23.8 Å². The first-order valence-electron chi connectivity index (χ1n) is 5.79. The van der Waals surface area contributed by atoms with E-state index in [0.29, 0.717) is 23.6 Å². The van der Waals surface area contributed by atoms with Crippen molar-refractivity contribution in [3.63, 3.8) is 0 Å². The zero-order valence-corrected chi connectivity index (χ0v) is 11.0. The van der Waals surface area contributed by atoms with E-state index in [1.807, 2.05) is 0 Å². The van der Waals surface area contributed by atoms with Gasteiger partial charge in [-0.05, 0) is 49.4 Å². The van der Waals surface area contributed by atoms with Crippen LogP contribution < -0.4 is 10.5 Å². The number of anilines is 1. The van der Waals surface area contributed by atoms with Gasteiger partial charge in [-0.1, -0.05) is 0 Å². The van der Waals surface area contributed by atoms with Crippen LogP contribution in [0.3, 0.4) is 0 Å². The average molecular weight is 268 g/mol. The highest BCUT2D eigenvalue weighted by Gasteiger charge is 2.24. The van der Waals surface area contributed by atoms with Crippen molar-refractivity contribution in [1.82, 2.24) is 0 Å². The molecule has 0 aromatic heterocycles. The molecule has 0 atom stereocenters. The predicted octanol–water partition coefficient (Wildman–Crippen LogP) is 1.38. The number of sulfonamides is 1. The third kappa shape index (κ3) is 3.30. The van der Waals surface area contributed by atoms with Gasteiger partial charge in [0.15, 0.2) is 0 Å². The second-order valence-corrected chi connectivity index (χ2v) is 6.25. The Kier molecular flexibility index (Phi) is 3.41. The van der Waals surface area contributed by atoms with E-state index in [1.54, 1.807) is 19.1 Å². The second kappa shape index (κ2) is 4.70. The maximum absolute atomic E-state index is 11.6. The van der Waals surface area contributed by atoms with Gasteiger partial charge in [-0.25, -0.2) is 13.6 Å². The van der Waals surface area contributed by atoms with Gasteiger partial charge in [-0.2, -0.15) is 0 Å². The van der Waals surface area contributed by atoms with Crippen LogP contribution in [-0.4, -0.2) is 14.3 Å². The first-order valence-corrected chi connectivity index (χ1v) is 7.34. The number of nitrogens with one attached hydrogen (secondary N) is 1. The molecule has 1 amide bonds. The van der Waals surface area contributed by atoms with Gasteiger partial charge in [0.1, 0.15) is 0 Å². The maximum Gasteiger partial charge on any atom is 0.238 e. The lowest BCUT2D eigenvalue weighted by molar-refractivity contribution is -0.116. The third-order valence-corrected chi connectivity index (χ3v) is 4.01. The van der Waals surface area contributed by atoms with Gasteiger partial charge < -0.3 is 5.32 Å². The molecule has 0 spiro atoms. The molecule has 1 saturated carbocycles. The molecule has 1 aromatic rings. The minimum Gasteiger partial charge on any atom is -0.326 e. The smallest absolute Gasteiger partial charge is 0.238 e. The fourth-order valence-electron chi connectivity index (χ4n) is 1.84. The second-order valence-electron chi connectivity index (χ2n) is 4.72. The molecule has 1 aromatic carbocycles. The van der Waals surface area contributed by atoms with Crippen molar-refractivity contribution in [2.24, 2.45) is 11.1 Å². The average Bonchev–Trinajstić information content (AvgIpc) is 2.99. The molecule has 6 heteroatoms. The van der Waals surface area contributed by atoms with Crippen molar-refractivity contribution in [1.29, 1.82) is 0 Å². The monoisotopic (exact) mass is 268 g/mol. The summed E-state index contributed by atoms with van der Waals surface area (Å²) in [4.78, 5) is 11.7. The lowest BCUT2D eigenvalue weighted by atomic mass is 10.2. The van der Waals surface area contributed by atoms with Gasteiger partial charge in [-0.3, -0.25) is 4.79 Å². The van der Waals surface area contributed by atoms with Gasteiger partial charge in [0.05, 0.1) is 4.90 Å². The van der Waals surface area contributed by atoms with Gasteiger partial charge in [0.25, 0.3) is 0 Å². The third-order valence-electron chi connectivity index (χ3n) is 2.94. The Balaban J connectivity index is 2.10. The molecule has 0 unspecified atom stereocenters. The number of aryl methyl sites for hydroxylation is 1. The van der Waals surface area contributed by atoms with E-state index < -0.39 is 10.0 Å². The van der Waals surface area contributed by atoms with Crippen LogP contribution in [0.25, 0.3) is 0 Å². The van der Waals surface area contributed by atoms with Gasteiger partial charge in [-0.15, -0.1) is 0 Å². The van der Waals surface area contributed by atoms with Crippen molar-refractivity contribution in [2.75, 3.05) is 5.32 Å². The number of hydrogen-bond donors (Lipinski definition) is 2. The van der Waals surface area contributed by atoms with Gasteiger partial charge >= 0.3 is 0 Å². The molecule has 1 fully saturated rings. The lowest BCUT2D eigenvalue weighted by Gasteiger charge is -2.08. The fraction of sp³-hybridized carbons (Fsp3) is 0.417. The molecule has 98 valence electrons. The molecule has 1 aliphatic rings. The number of carbonyl (C=O) groups excluding carboxylic acids is 1. The molecule has 1 aliphatic carbocycles. The van der Waals surface area contributed by atoms with Gasteiger partial charge in [0, 0.05) is 12.1 Å². The fourth-order valence-corrected chi connectivity index (χ4v) is 2.61. The number of benzene rings is 1. The van der Waals surface area contributed by atoms with E-state index in [-0.39, 0.29) is 10.8 Å². The normalized spacial score (nSPS) is 15.4. The predicted molar refractivity (Wildman–Crippen MR) is 68.5 cm³/mol. The molecule has 18 heavy (non-hydrogen) atoms. The van der Waals surface area contributed by atoms with Crippen LogP contribution in [0.2, 0.25) is 0 Å². The molecule has 0 aliphatic heterocycles. The molecule has 2 rings (SSSR count). The Morgan fingerprint density at radius 3 is 2.61 bits per heavy atom. The topological polar surface area (TPSA) is 89.3 Å². The van der Waals surface area contributed by atoms with Crippen molar-refractivity contribution >= 4 is 21.6 Å². The Morgan fingerprint density at radius 2 is 2.11 bits per heavy atom. The number of nitrogens with two attached hydrogens (primary N) is 1. The SMILES string of the molecule is Cc1cc(NC(=O)CC2CC2)ccc1S(N)(=O)=O. The van der Waals surface area contributed by atoms with Crippen LogP contribution in [0.15, 0.2) is 23.1 Å². The standard InChI is InChI=1S/C12H16N2O3S/c1-8-6-10(4-5-11(8)18(13,16)17)14-12(15)7-9-2-3-9/h4-6,9H,2-3,7H2,1H3,(H,14,15)(H2,13,16,17). The number of amides is 1. The highest BCUT2D eigenvalue weighted by Crippen LogP contribution is 2.32. The van der Waals surface area contributed by atoms with Crippen LogP contribution in [0.1, 0.15) is 24.8 Å². The summed E-state index contributed by atoms with van der Waals surface area (Å²) in [6.07, 6.45) is 2.78. The molecule has 0 radical (unpaired) electrons. The minimum atomic E-state index is -3.70. The summed E-state index contributed by atoms with van der Waals surface area (Å²) in [6.45, 7) is 1.65. The van der Waals surface area contributed by atoms with Crippen LogP contribution in [0, 0.1) is 12.8 Å². The maximum atomic E-state index is 11.6. The zero-order valence-electron chi connectivity index (χ0n) is 10.1. The van der Waals surface area contributed by atoms with E-state index in [0.717, 1.165) is 12.8 Å². The number of carbonyl (C=O) groups is 1. The first-order chi connectivity index (χ1) is 8.36. The number of hydrogen-bond acceptors (Lipinski definition) is 3. The van der Waals surface area contributed by atoms with E-state index >= 15 is 0 Å². The molecule has 3 N–H and O–H groups in total. The Hall–Kier alpha value is -1.40. The zero-order chi connectivity index (χ0) is 13.3. The molecule has 5 nitrogen and oxygen atoms in total. The number of rotatable bonds is 4. The van der Waals surface area contributed by atoms with E-state index in [2.05, 4.69) is 5.32 Å². The minimum absolute atomic E-state index is 0.0275. The van der Waals surface area contributed by atoms with Gasteiger partial charge in [0.2, 0.25) is 15.9 Å². The summed E-state index contributed by atoms with van der Waals surface area (Å²) in [5.41, 5.74) is 1.13. The summed E-state index contributed by atoms with van der Waals surface area (Å²) < 4.78 is 22.5. The lowest BCUT2D eigenvalue weighted by Crippen LogP contribution is -2.15. The van der Waals surface area contributed by atoms with Crippen LogP contribution >= 0.6 is 0 Å². The molecule has 0 saturated heterocycles. The Bertz CT molecular complexity index is 577. The van der Waals surface area contributed by atoms with Crippen LogP contribution in [0.4, 0.5) is 5.69 Å². The molecular formula is C12H16N2O3S. The quantitative estimate of drug-likeness (QED) is 0.864. The largest absolute Gasteiger partial charge is 0.326 e. The van der Waals surface area contributed by atoms with Crippen molar-refractivity contribution in [3.8, 4) is 0 Å². The van der Waals surface area contributed by atoms with Crippen LogP contribution in [0.5, 0.6) is 0 Å². The Morgan fingerprint density at radius 1 is 1.44 bits per heavy atom. The summed E-state index contributed by atoms with van der Waals surface area (Å²) in [6, 6.07) is 4.58. The number of primary sulfonamides is 1. The van der Waals surface area contributed by atoms with Crippen molar-refractivity contribution in [2.45, 2.75) is 31.1 Å². The van der Waals surface area contributed by atoms with E-state index in [9.17, 15) is 13.2 Å².